The summed E-state index contributed by atoms with van der Waals surface area (Å²) in [4.78, 5) is 14.9. The normalized spacial score (nSPS) is 10.7. The van der Waals surface area contributed by atoms with Crippen LogP contribution in [0.15, 0.2) is 63.8 Å². The van der Waals surface area contributed by atoms with Gasteiger partial charge in [-0.3, -0.25) is 10.1 Å². The molecule has 0 radical (unpaired) electrons. The molecule has 3 aromatic rings. The minimum absolute atomic E-state index is 0.0630. The van der Waals surface area contributed by atoms with Crippen molar-refractivity contribution in [3.8, 4) is 11.4 Å². The summed E-state index contributed by atoms with van der Waals surface area (Å²) in [5.41, 5.74) is 2.02. The molecular formula is C16H11Br2N3O2. The summed E-state index contributed by atoms with van der Waals surface area (Å²) in [5, 5.41) is 10.8. The van der Waals surface area contributed by atoms with Crippen molar-refractivity contribution >= 4 is 37.5 Å². The predicted molar refractivity (Wildman–Crippen MR) is 95.3 cm³/mol. The summed E-state index contributed by atoms with van der Waals surface area (Å²) in [5.74, 6) is 0.738. The molecular weight excluding hydrogens is 426 g/mol. The molecule has 0 bridgehead atoms. The second-order valence-electron chi connectivity index (χ2n) is 4.89. The molecule has 0 aliphatic carbocycles. The third-order valence-corrected chi connectivity index (χ3v) is 5.28. The Morgan fingerprint density at radius 3 is 2.30 bits per heavy atom. The van der Waals surface area contributed by atoms with Gasteiger partial charge in [0.25, 0.3) is 5.69 Å². The standard InChI is InChI=1S/C16H11Br2N3O2/c17-14-15(18)20(10-11-4-2-1-3-5-11)16(19-14)12-6-8-13(9-7-12)21(22)23/h1-9H,10H2. The Bertz CT molecular complexity index is 846. The fraction of sp³-hybridized carbons (Fsp3) is 0.0625. The van der Waals surface area contributed by atoms with Gasteiger partial charge in [-0.05, 0) is 49.6 Å². The van der Waals surface area contributed by atoms with Gasteiger partial charge in [-0.2, -0.15) is 0 Å². The van der Waals surface area contributed by atoms with Gasteiger partial charge in [0.15, 0.2) is 0 Å². The topological polar surface area (TPSA) is 61.0 Å². The van der Waals surface area contributed by atoms with E-state index < -0.39 is 4.92 Å². The van der Waals surface area contributed by atoms with E-state index in [4.69, 9.17) is 0 Å². The third kappa shape index (κ3) is 3.35. The van der Waals surface area contributed by atoms with Gasteiger partial charge in [0.1, 0.15) is 15.0 Å². The zero-order chi connectivity index (χ0) is 16.4. The SMILES string of the molecule is O=[N+]([O-])c1ccc(-c2nc(Br)c(Br)n2Cc2ccccc2)cc1. The quantitative estimate of drug-likeness (QED) is 0.425. The summed E-state index contributed by atoms with van der Waals surface area (Å²) in [7, 11) is 0. The molecule has 2 aromatic carbocycles. The average molecular weight is 437 g/mol. The molecule has 0 aliphatic heterocycles. The summed E-state index contributed by atoms with van der Waals surface area (Å²) < 4.78 is 3.54. The van der Waals surface area contributed by atoms with Gasteiger partial charge in [0, 0.05) is 17.7 Å². The molecule has 3 rings (SSSR count). The molecule has 0 aliphatic rings. The van der Waals surface area contributed by atoms with Crippen LogP contribution >= 0.6 is 31.9 Å². The first-order chi connectivity index (χ1) is 11.1. The summed E-state index contributed by atoms with van der Waals surface area (Å²) >= 11 is 6.97. The maximum Gasteiger partial charge on any atom is 0.269 e. The molecule has 0 amide bonds. The van der Waals surface area contributed by atoms with Gasteiger partial charge in [-0.15, -0.1) is 0 Å². The van der Waals surface area contributed by atoms with Crippen molar-refractivity contribution in [2.24, 2.45) is 0 Å². The van der Waals surface area contributed by atoms with Crippen LogP contribution in [0, 0.1) is 10.1 Å². The number of halogens is 2. The first-order valence-corrected chi connectivity index (χ1v) is 8.35. The summed E-state index contributed by atoms with van der Waals surface area (Å²) in [6, 6.07) is 16.4. The molecule has 0 saturated carbocycles. The van der Waals surface area contributed by atoms with Crippen molar-refractivity contribution in [3.05, 3.63) is 79.5 Å². The largest absolute Gasteiger partial charge is 0.313 e. The van der Waals surface area contributed by atoms with E-state index in [0.717, 1.165) is 21.6 Å². The van der Waals surface area contributed by atoms with Crippen LogP contribution in [0.1, 0.15) is 5.56 Å². The Hall–Kier alpha value is -1.99. The van der Waals surface area contributed by atoms with E-state index in [1.165, 1.54) is 12.1 Å². The maximum absolute atomic E-state index is 10.8. The highest BCUT2D eigenvalue weighted by atomic mass is 79.9. The lowest BCUT2D eigenvalue weighted by molar-refractivity contribution is -0.384. The smallest absolute Gasteiger partial charge is 0.269 e. The van der Waals surface area contributed by atoms with Gasteiger partial charge in [-0.1, -0.05) is 30.3 Å². The Morgan fingerprint density at radius 1 is 1.04 bits per heavy atom. The van der Waals surface area contributed by atoms with E-state index in [0.29, 0.717) is 11.1 Å². The number of imidazole rings is 1. The number of nitro groups is 1. The van der Waals surface area contributed by atoms with Crippen molar-refractivity contribution in [2.45, 2.75) is 6.54 Å². The maximum atomic E-state index is 10.8. The van der Waals surface area contributed by atoms with Crippen LogP contribution in [0.25, 0.3) is 11.4 Å². The Kier molecular flexibility index (Phi) is 4.58. The highest BCUT2D eigenvalue weighted by Crippen LogP contribution is 2.31. The number of rotatable bonds is 4. The minimum Gasteiger partial charge on any atom is -0.313 e. The number of hydrogen-bond acceptors (Lipinski definition) is 3. The second kappa shape index (κ2) is 6.64. The highest BCUT2D eigenvalue weighted by molar-refractivity contribution is 9.13. The van der Waals surface area contributed by atoms with Crippen molar-refractivity contribution < 1.29 is 4.92 Å². The van der Waals surface area contributed by atoms with Crippen LogP contribution < -0.4 is 0 Å². The molecule has 0 unspecified atom stereocenters. The summed E-state index contributed by atoms with van der Waals surface area (Å²) in [6.45, 7) is 0.645. The fourth-order valence-electron chi connectivity index (χ4n) is 2.27. The Balaban J connectivity index is 2.02. The van der Waals surface area contributed by atoms with E-state index in [1.54, 1.807) is 12.1 Å². The highest BCUT2D eigenvalue weighted by Gasteiger charge is 2.16. The van der Waals surface area contributed by atoms with Crippen molar-refractivity contribution in [1.82, 2.24) is 9.55 Å². The average Bonchev–Trinajstić information content (AvgIpc) is 2.84. The monoisotopic (exact) mass is 435 g/mol. The van der Waals surface area contributed by atoms with Crippen LogP contribution in [0.5, 0.6) is 0 Å². The first kappa shape index (κ1) is 15.9. The number of aromatic nitrogens is 2. The number of nitro benzene ring substituents is 1. The van der Waals surface area contributed by atoms with Gasteiger partial charge >= 0.3 is 0 Å². The van der Waals surface area contributed by atoms with Crippen LogP contribution in [-0.2, 0) is 6.54 Å². The second-order valence-corrected chi connectivity index (χ2v) is 6.40. The van der Waals surface area contributed by atoms with E-state index in [2.05, 4.69) is 36.8 Å². The predicted octanol–water partition coefficient (Wildman–Crippen LogP) is 5.03. The molecule has 0 atom stereocenters. The van der Waals surface area contributed by atoms with Gasteiger partial charge in [-0.25, -0.2) is 4.98 Å². The zero-order valence-corrected chi connectivity index (χ0v) is 15.0. The fourth-order valence-corrected chi connectivity index (χ4v) is 3.03. The molecule has 1 heterocycles. The van der Waals surface area contributed by atoms with Crippen molar-refractivity contribution in [1.29, 1.82) is 0 Å². The van der Waals surface area contributed by atoms with E-state index >= 15 is 0 Å². The molecule has 7 heteroatoms. The molecule has 0 N–H and O–H groups in total. The number of hydrogen-bond donors (Lipinski definition) is 0. The number of benzene rings is 2. The van der Waals surface area contributed by atoms with E-state index in [9.17, 15) is 10.1 Å². The van der Waals surface area contributed by atoms with Gasteiger partial charge < -0.3 is 4.57 Å². The van der Waals surface area contributed by atoms with Crippen LogP contribution in [0.3, 0.4) is 0 Å². The Morgan fingerprint density at radius 2 is 1.70 bits per heavy atom. The molecule has 5 nitrogen and oxygen atoms in total. The van der Waals surface area contributed by atoms with E-state index in [1.807, 2.05) is 34.9 Å². The molecule has 116 valence electrons. The minimum atomic E-state index is -0.411. The number of non-ortho nitro benzene ring substituents is 1. The van der Waals surface area contributed by atoms with Gasteiger partial charge in [0.2, 0.25) is 0 Å². The zero-order valence-electron chi connectivity index (χ0n) is 11.8. The Labute approximate surface area is 149 Å². The van der Waals surface area contributed by atoms with Gasteiger partial charge in [0.05, 0.1) is 11.5 Å². The summed E-state index contributed by atoms with van der Waals surface area (Å²) in [6.07, 6.45) is 0. The van der Waals surface area contributed by atoms with Crippen LogP contribution in [0.4, 0.5) is 5.69 Å². The molecule has 0 spiro atoms. The first-order valence-electron chi connectivity index (χ1n) is 6.76. The van der Waals surface area contributed by atoms with E-state index in [-0.39, 0.29) is 5.69 Å². The molecule has 23 heavy (non-hydrogen) atoms. The van der Waals surface area contributed by atoms with Crippen molar-refractivity contribution in [3.63, 3.8) is 0 Å². The van der Waals surface area contributed by atoms with Crippen LogP contribution in [-0.4, -0.2) is 14.5 Å². The molecule has 1 aromatic heterocycles. The molecule has 0 fully saturated rings. The third-order valence-electron chi connectivity index (χ3n) is 3.39. The van der Waals surface area contributed by atoms with Crippen molar-refractivity contribution in [2.75, 3.05) is 0 Å². The number of nitrogens with zero attached hydrogens (tertiary/aromatic N) is 3. The molecule has 0 saturated heterocycles. The van der Waals surface area contributed by atoms with Crippen LogP contribution in [0.2, 0.25) is 0 Å². The lowest BCUT2D eigenvalue weighted by Crippen LogP contribution is -2.02. The lowest BCUT2D eigenvalue weighted by Gasteiger charge is -2.09. The lowest BCUT2D eigenvalue weighted by atomic mass is 10.2.